The summed E-state index contributed by atoms with van der Waals surface area (Å²) in [6, 6.07) is 1.92. The zero-order chi connectivity index (χ0) is 13.3. The number of hydrogen-bond donors (Lipinski definition) is 2. The van der Waals surface area contributed by atoms with Crippen molar-refractivity contribution in [2.75, 3.05) is 6.54 Å². The molecule has 2 N–H and O–H groups in total. The van der Waals surface area contributed by atoms with Crippen LogP contribution in [-0.2, 0) is 16.6 Å². The topological polar surface area (TPSA) is 58.2 Å². The normalized spacial score (nSPS) is 23.3. The Hall–Kier alpha value is -0.430. The first-order valence-electron chi connectivity index (χ1n) is 6.26. The molecule has 2 unspecified atom stereocenters. The summed E-state index contributed by atoms with van der Waals surface area (Å²) in [6.07, 6.45) is 0.951. The molecular weight excluding hydrogens is 268 g/mol. The van der Waals surface area contributed by atoms with E-state index >= 15 is 0 Å². The van der Waals surface area contributed by atoms with Crippen LogP contribution < -0.4 is 10.0 Å². The third-order valence-electron chi connectivity index (χ3n) is 3.18. The molecule has 1 aliphatic carbocycles. The van der Waals surface area contributed by atoms with Gasteiger partial charge in [-0.3, -0.25) is 0 Å². The molecule has 0 saturated heterocycles. The van der Waals surface area contributed by atoms with Crippen molar-refractivity contribution in [1.29, 1.82) is 0 Å². The largest absolute Gasteiger partial charge is 0.312 e. The molecule has 1 aliphatic rings. The Balaban J connectivity index is 2.13. The second-order valence-corrected chi connectivity index (χ2v) is 7.88. The smallest absolute Gasteiger partial charge is 0.241 e. The second kappa shape index (κ2) is 5.28. The molecule has 0 aromatic carbocycles. The van der Waals surface area contributed by atoms with Crippen LogP contribution in [0, 0.1) is 12.8 Å². The van der Waals surface area contributed by atoms with Gasteiger partial charge in [-0.25, -0.2) is 13.1 Å². The monoisotopic (exact) mass is 288 g/mol. The molecule has 1 aromatic rings. The fraction of sp³-hybridized carbons (Fsp3) is 0.667. The molecule has 6 heteroatoms. The summed E-state index contributed by atoms with van der Waals surface area (Å²) in [5, 5.41) is 3.21. The number of rotatable bonds is 6. The Morgan fingerprint density at radius 2 is 2.17 bits per heavy atom. The van der Waals surface area contributed by atoms with Gasteiger partial charge in [-0.05, 0) is 31.9 Å². The van der Waals surface area contributed by atoms with E-state index in [-0.39, 0.29) is 6.04 Å². The average Bonchev–Trinajstić information content (AvgIpc) is 2.82. The summed E-state index contributed by atoms with van der Waals surface area (Å²) in [5.74, 6) is 0.472. The van der Waals surface area contributed by atoms with Crippen molar-refractivity contribution in [2.45, 2.75) is 44.7 Å². The fourth-order valence-electron chi connectivity index (χ4n) is 1.88. The zero-order valence-electron chi connectivity index (χ0n) is 11.0. The summed E-state index contributed by atoms with van der Waals surface area (Å²) in [6.45, 7) is 7.58. The molecule has 1 saturated carbocycles. The van der Waals surface area contributed by atoms with Crippen molar-refractivity contribution in [1.82, 2.24) is 10.0 Å². The average molecular weight is 288 g/mol. The van der Waals surface area contributed by atoms with Gasteiger partial charge in [0.25, 0.3) is 0 Å². The van der Waals surface area contributed by atoms with Gasteiger partial charge in [-0.15, -0.1) is 11.3 Å². The summed E-state index contributed by atoms with van der Waals surface area (Å²) >= 11 is 1.55. The molecule has 1 fully saturated rings. The minimum Gasteiger partial charge on any atom is -0.312 e. The van der Waals surface area contributed by atoms with Crippen molar-refractivity contribution in [3.05, 3.63) is 15.8 Å². The number of sulfonamides is 1. The molecule has 2 atom stereocenters. The quantitative estimate of drug-likeness (QED) is 0.840. The molecular formula is C12H20N2O2S2. The second-order valence-electron chi connectivity index (χ2n) is 4.85. The molecule has 102 valence electrons. The zero-order valence-corrected chi connectivity index (χ0v) is 12.6. The minimum absolute atomic E-state index is 0.131. The number of aryl methyl sites for hydroxylation is 1. The van der Waals surface area contributed by atoms with Crippen molar-refractivity contribution in [3.8, 4) is 0 Å². The molecule has 18 heavy (non-hydrogen) atoms. The highest BCUT2D eigenvalue weighted by Crippen LogP contribution is 2.32. The van der Waals surface area contributed by atoms with Gasteiger partial charge in [0.1, 0.15) is 0 Å². The van der Waals surface area contributed by atoms with Crippen LogP contribution in [0.25, 0.3) is 0 Å². The standard InChI is InChI=1S/C12H20N2O2S2/c1-4-13-7-10-6-12(9(3)17-10)18(15,16)14-11-5-8(11)2/h6,8,11,13-14H,4-5,7H2,1-3H3. The van der Waals surface area contributed by atoms with E-state index < -0.39 is 10.0 Å². The van der Waals surface area contributed by atoms with Gasteiger partial charge < -0.3 is 5.32 Å². The third kappa shape index (κ3) is 3.12. The number of hydrogen-bond acceptors (Lipinski definition) is 4. The maximum Gasteiger partial charge on any atom is 0.241 e. The maximum atomic E-state index is 12.2. The fourth-order valence-corrected chi connectivity index (χ4v) is 4.84. The molecule has 0 radical (unpaired) electrons. The van der Waals surface area contributed by atoms with Crippen LogP contribution in [0.1, 0.15) is 30.0 Å². The predicted octanol–water partition coefficient (Wildman–Crippen LogP) is 1.85. The van der Waals surface area contributed by atoms with Crippen LogP contribution in [0.5, 0.6) is 0 Å². The SMILES string of the molecule is CCNCc1cc(S(=O)(=O)NC2CC2C)c(C)s1. The molecule has 0 bridgehead atoms. The Kier molecular flexibility index (Phi) is 4.11. The van der Waals surface area contributed by atoms with Gasteiger partial charge in [-0.2, -0.15) is 0 Å². The molecule has 1 aromatic heterocycles. The van der Waals surface area contributed by atoms with Crippen LogP contribution >= 0.6 is 11.3 Å². The number of thiophene rings is 1. The highest BCUT2D eigenvalue weighted by molar-refractivity contribution is 7.89. The molecule has 0 aliphatic heterocycles. The Morgan fingerprint density at radius 1 is 1.50 bits per heavy atom. The van der Waals surface area contributed by atoms with Gasteiger partial charge in [0, 0.05) is 22.3 Å². The van der Waals surface area contributed by atoms with Crippen molar-refractivity contribution >= 4 is 21.4 Å². The van der Waals surface area contributed by atoms with E-state index in [9.17, 15) is 8.42 Å². The van der Waals surface area contributed by atoms with Crippen LogP contribution in [0.15, 0.2) is 11.0 Å². The molecule has 2 rings (SSSR count). The first kappa shape index (κ1) is 14.0. The molecule has 0 spiro atoms. The summed E-state index contributed by atoms with van der Waals surface area (Å²) in [5.41, 5.74) is 0. The van der Waals surface area contributed by atoms with Gasteiger partial charge >= 0.3 is 0 Å². The minimum atomic E-state index is -3.33. The molecule has 4 nitrogen and oxygen atoms in total. The van der Waals surface area contributed by atoms with Crippen LogP contribution in [0.3, 0.4) is 0 Å². The van der Waals surface area contributed by atoms with E-state index in [4.69, 9.17) is 0 Å². The number of nitrogens with one attached hydrogen (secondary N) is 2. The lowest BCUT2D eigenvalue weighted by atomic mass is 10.4. The van der Waals surface area contributed by atoms with Crippen LogP contribution in [0.4, 0.5) is 0 Å². The summed E-state index contributed by atoms with van der Waals surface area (Å²) < 4.78 is 27.2. The molecule has 0 amide bonds. The highest BCUT2D eigenvalue weighted by Gasteiger charge is 2.37. The van der Waals surface area contributed by atoms with Crippen molar-refractivity contribution in [2.24, 2.45) is 5.92 Å². The van der Waals surface area contributed by atoms with Gasteiger partial charge in [0.05, 0.1) is 4.90 Å². The lowest BCUT2D eigenvalue weighted by molar-refractivity contribution is 0.578. The van der Waals surface area contributed by atoms with Crippen molar-refractivity contribution in [3.63, 3.8) is 0 Å². The Labute approximate surface area is 113 Å². The first-order chi connectivity index (χ1) is 8.44. The first-order valence-corrected chi connectivity index (χ1v) is 8.56. The highest BCUT2D eigenvalue weighted by atomic mass is 32.2. The van der Waals surface area contributed by atoms with E-state index in [2.05, 4.69) is 17.0 Å². The third-order valence-corrected chi connectivity index (χ3v) is 5.97. The van der Waals surface area contributed by atoms with Crippen LogP contribution in [-0.4, -0.2) is 21.0 Å². The predicted molar refractivity (Wildman–Crippen MR) is 74.3 cm³/mol. The molecule has 1 heterocycles. The van der Waals surface area contributed by atoms with E-state index in [1.165, 1.54) is 0 Å². The Morgan fingerprint density at radius 3 is 2.72 bits per heavy atom. The van der Waals surface area contributed by atoms with Crippen molar-refractivity contribution < 1.29 is 8.42 Å². The van der Waals surface area contributed by atoms with Gasteiger partial charge in [-0.1, -0.05) is 13.8 Å². The summed E-state index contributed by atoms with van der Waals surface area (Å²) in [4.78, 5) is 2.38. The van der Waals surface area contributed by atoms with Gasteiger partial charge in [0.15, 0.2) is 0 Å². The lowest BCUT2D eigenvalue weighted by Gasteiger charge is -2.04. The summed E-state index contributed by atoms with van der Waals surface area (Å²) in [7, 11) is -3.33. The van der Waals surface area contributed by atoms with Gasteiger partial charge in [0.2, 0.25) is 10.0 Å². The Bertz CT molecular complexity index is 522. The van der Waals surface area contributed by atoms with E-state index in [1.54, 1.807) is 17.4 Å². The lowest BCUT2D eigenvalue weighted by Crippen LogP contribution is -2.26. The maximum absolute atomic E-state index is 12.2. The van der Waals surface area contributed by atoms with Crippen LogP contribution in [0.2, 0.25) is 0 Å². The van der Waals surface area contributed by atoms with E-state index in [0.717, 1.165) is 29.3 Å². The van der Waals surface area contributed by atoms with E-state index in [0.29, 0.717) is 10.8 Å². The van der Waals surface area contributed by atoms with E-state index in [1.807, 2.05) is 13.8 Å².